The molecular formula is C14H18N2O6. The highest BCUT2D eigenvalue weighted by Crippen LogP contribution is 2.28. The molecule has 0 fully saturated rings. The van der Waals surface area contributed by atoms with Crippen LogP contribution in [0.5, 0.6) is 5.75 Å². The Hall–Kier alpha value is -2.64. The lowest BCUT2D eigenvalue weighted by atomic mass is 10.1. The Bertz CT molecular complexity index is 585. The third-order valence-electron chi connectivity index (χ3n) is 3.07. The second-order valence-corrected chi connectivity index (χ2v) is 4.88. The van der Waals surface area contributed by atoms with Crippen LogP contribution in [0.15, 0.2) is 18.2 Å². The maximum atomic E-state index is 12.4. The van der Waals surface area contributed by atoms with Gasteiger partial charge in [0.2, 0.25) is 0 Å². The van der Waals surface area contributed by atoms with Crippen molar-refractivity contribution < 1.29 is 24.4 Å². The molecule has 0 aliphatic carbocycles. The van der Waals surface area contributed by atoms with E-state index in [1.165, 1.54) is 24.1 Å². The average molecular weight is 310 g/mol. The SMILES string of the molecule is COc1ccc(C(=O)N(CCC(=O)O)C(C)C)cc1[N+](=O)[O-]. The lowest BCUT2D eigenvalue weighted by Gasteiger charge is -2.26. The molecule has 0 aromatic heterocycles. The Morgan fingerprint density at radius 2 is 2.05 bits per heavy atom. The van der Waals surface area contributed by atoms with E-state index in [0.29, 0.717) is 0 Å². The number of carboxylic acids is 1. The van der Waals surface area contributed by atoms with E-state index in [-0.39, 0.29) is 36.0 Å². The van der Waals surface area contributed by atoms with Crippen molar-refractivity contribution >= 4 is 17.6 Å². The van der Waals surface area contributed by atoms with Crippen LogP contribution in [0.1, 0.15) is 30.6 Å². The van der Waals surface area contributed by atoms with Crippen molar-refractivity contribution in [2.45, 2.75) is 26.3 Å². The second-order valence-electron chi connectivity index (χ2n) is 4.88. The van der Waals surface area contributed by atoms with E-state index >= 15 is 0 Å². The maximum Gasteiger partial charge on any atom is 0.311 e. The normalized spacial score (nSPS) is 10.4. The topological polar surface area (TPSA) is 110 Å². The molecule has 22 heavy (non-hydrogen) atoms. The van der Waals surface area contributed by atoms with E-state index in [2.05, 4.69) is 0 Å². The van der Waals surface area contributed by atoms with Gasteiger partial charge in [0.05, 0.1) is 18.5 Å². The summed E-state index contributed by atoms with van der Waals surface area (Å²) in [7, 11) is 1.30. The Morgan fingerprint density at radius 3 is 2.50 bits per heavy atom. The molecule has 1 aromatic rings. The minimum absolute atomic E-state index is 0.0334. The number of benzene rings is 1. The summed E-state index contributed by atoms with van der Waals surface area (Å²) in [6, 6.07) is 3.68. The largest absolute Gasteiger partial charge is 0.490 e. The summed E-state index contributed by atoms with van der Waals surface area (Å²) in [6.07, 6.45) is -0.192. The van der Waals surface area contributed by atoms with E-state index in [9.17, 15) is 19.7 Å². The van der Waals surface area contributed by atoms with Gasteiger partial charge in [-0.2, -0.15) is 0 Å². The molecular weight excluding hydrogens is 292 g/mol. The number of rotatable bonds is 7. The summed E-state index contributed by atoms with van der Waals surface area (Å²) in [5, 5.41) is 19.7. The van der Waals surface area contributed by atoms with Gasteiger partial charge in [0.15, 0.2) is 5.75 Å². The van der Waals surface area contributed by atoms with Crippen molar-refractivity contribution in [3.63, 3.8) is 0 Å². The molecule has 1 N–H and O–H groups in total. The van der Waals surface area contributed by atoms with Crippen molar-refractivity contribution in [2.75, 3.05) is 13.7 Å². The molecule has 1 aromatic carbocycles. The van der Waals surface area contributed by atoms with Gasteiger partial charge in [0.25, 0.3) is 5.91 Å². The van der Waals surface area contributed by atoms with Gasteiger partial charge in [0.1, 0.15) is 0 Å². The molecule has 0 radical (unpaired) electrons. The first kappa shape index (κ1) is 17.4. The predicted molar refractivity (Wildman–Crippen MR) is 78.1 cm³/mol. The quantitative estimate of drug-likeness (QED) is 0.608. The number of hydrogen-bond donors (Lipinski definition) is 1. The Morgan fingerprint density at radius 1 is 1.41 bits per heavy atom. The van der Waals surface area contributed by atoms with Gasteiger partial charge in [-0.1, -0.05) is 0 Å². The van der Waals surface area contributed by atoms with E-state index < -0.39 is 16.8 Å². The van der Waals surface area contributed by atoms with Gasteiger partial charge in [-0.3, -0.25) is 19.7 Å². The molecule has 0 aliphatic rings. The number of hydrogen-bond acceptors (Lipinski definition) is 5. The molecule has 1 amide bonds. The third-order valence-corrected chi connectivity index (χ3v) is 3.07. The van der Waals surface area contributed by atoms with Crippen LogP contribution in [0.25, 0.3) is 0 Å². The lowest BCUT2D eigenvalue weighted by Crippen LogP contribution is -2.38. The van der Waals surface area contributed by atoms with Crippen LogP contribution in [0.2, 0.25) is 0 Å². The van der Waals surface area contributed by atoms with Crippen molar-refractivity contribution in [1.29, 1.82) is 0 Å². The van der Waals surface area contributed by atoms with Gasteiger partial charge in [-0.25, -0.2) is 0 Å². The molecule has 0 bridgehead atoms. The van der Waals surface area contributed by atoms with Gasteiger partial charge in [0, 0.05) is 24.2 Å². The van der Waals surface area contributed by atoms with E-state index in [0.717, 1.165) is 6.07 Å². The minimum Gasteiger partial charge on any atom is -0.490 e. The molecule has 0 saturated heterocycles. The Balaban J connectivity index is 3.11. The molecule has 0 unspecified atom stereocenters. The molecule has 0 aliphatic heterocycles. The average Bonchev–Trinajstić information content (AvgIpc) is 2.45. The fraction of sp³-hybridized carbons (Fsp3) is 0.429. The summed E-state index contributed by atoms with van der Waals surface area (Å²) in [5.74, 6) is -1.41. The molecule has 8 heteroatoms. The van der Waals surface area contributed by atoms with Crippen LogP contribution in [-0.4, -0.2) is 46.5 Å². The minimum atomic E-state index is -1.01. The number of carbonyl (C=O) groups excluding carboxylic acids is 1. The Labute approximate surface area is 127 Å². The number of amides is 1. The number of ether oxygens (including phenoxy) is 1. The van der Waals surface area contributed by atoms with E-state index in [1.807, 2.05) is 0 Å². The van der Waals surface area contributed by atoms with Crippen molar-refractivity contribution in [3.05, 3.63) is 33.9 Å². The molecule has 120 valence electrons. The summed E-state index contributed by atoms with van der Waals surface area (Å²) >= 11 is 0. The standard InChI is InChI=1S/C14H18N2O6/c1-9(2)15(7-6-13(17)18)14(19)10-4-5-12(22-3)11(8-10)16(20)21/h4-5,8-9H,6-7H2,1-3H3,(H,17,18). The zero-order valence-corrected chi connectivity index (χ0v) is 12.6. The summed E-state index contributed by atoms with van der Waals surface area (Å²) in [5.41, 5.74) is -0.193. The first-order valence-electron chi connectivity index (χ1n) is 6.63. The zero-order chi connectivity index (χ0) is 16.9. The number of methoxy groups -OCH3 is 1. The number of nitro benzene ring substituents is 1. The van der Waals surface area contributed by atoms with Crippen molar-refractivity contribution in [2.24, 2.45) is 0 Å². The fourth-order valence-electron chi connectivity index (χ4n) is 1.94. The van der Waals surface area contributed by atoms with Gasteiger partial charge < -0.3 is 14.7 Å². The molecule has 0 saturated carbocycles. The Kier molecular flexibility index (Phi) is 5.85. The van der Waals surface area contributed by atoms with Crippen LogP contribution in [0.3, 0.4) is 0 Å². The van der Waals surface area contributed by atoms with Gasteiger partial charge in [-0.05, 0) is 26.0 Å². The smallest absolute Gasteiger partial charge is 0.311 e. The molecule has 1 rings (SSSR count). The second kappa shape index (κ2) is 7.39. The van der Waals surface area contributed by atoms with Gasteiger partial charge in [-0.15, -0.1) is 0 Å². The summed E-state index contributed by atoms with van der Waals surface area (Å²) < 4.78 is 4.88. The van der Waals surface area contributed by atoms with E-state index in [1.54, 1.807) is 13.8 Å². The van der Waals surface area contributed by atoms with Crippen molar-refractivity contribution in [1.82, 2.24) is 4.90 Å². The number of carboxylic acid groups (broad SMARTS) is 1. The number of nitro groups is 1. The van der Waals surface area contributed by atoms with Crippen LogP contribution >= 0.6 is 0 Å². The lowest BCUT2D eigenvalue weighted by molar-refractivity contribution is -0.385. The number of nitrogens with zero attached hydrogens (tertiary/aromatic N) is 2. The summed E-state index contributed by atoms with van der Waals surface area (Å²) in [6.45, 7) is 3.53. The fourth-order valence-corrected chi connectivity index (χ4v) is 1.94. The molecule has 0 atom stereocenters. The zero-order valence-electron chi connectivity index (χ0n) is 12.6. The van der Waals surface area contributed by atoms with Crippen LogP contribution in [0, 0.1) is 10.1 Å². The van der Waals surface area contributed by atoms with Crippen LogP contribution < -0.4 is 4.74 Å². The first-order valence-corrected chi connectivity index (χ1v) is 6.63. The number of carbonyl (C=O) groups is 2. The van der Waals surface area contributed by atoms with Gasteiger partial charge >= 0.3 is 11.7 Å². The van der Waals surface area contributed by atoms with E-state index in [4.69, 9.17) is 9.84 Å². The van der Waals surface area contributed by atoms with Crippen LogP contribution in [-0.2, 0) is 4.79 Å². The highest BCUT2D eigenvalue weighted by Gasteiger charge is 2.23. The number of aliphatic carboxylic acids is 1. The predicted octanol–water partition coefficient (Wildman–Crippen LogP) is 1.93. The molecule has 0 heterocycles. The highest BCUT2D eigenvalue weighted by atomic mass is 16.6. The first-order chi connectivity index (χ1) is 10.3. The van der Waals surface area contributed by atoms with Crippen molar-refractivity contribution in [3.8, 4) is 5.75 Å². The maximum absolute atomic E-state index is 12.4. The monoisotopic (exact) mass is 310 g/mol. The molecule has 8 nitrogen and oxygen atoms in total. The summed E-state index contributed by atoms with van der Waals surface area (Å²) in [4.78, 5) is 34.8. The highest BCUT2D eigenvalue weighted by molar-refractivity contribution is 5.95. The molecule has 0 spiro atoms. The third kappa shape index (κ3) is 4.18. The van der Waals surface area contributed by atoms with Crippen LogP contribution in [0.4, 0.5) is 5.69 Å².